The molecule has 2 amide bonds. The number of ether oxygens (including phenoxy) is 1. The molecule has 1 unspecified atom stereocenters. The van der Waals surface area contributed by atoms with Crippen LogP contribution in [0.2, 0.25) is 10.0 Å². The SMILES string of the molecule is CC(=O)NC(CC(=O)OCC(=O)Nc1c(Cl)cccc1C(F)(F)F)c1ccc(Cl)cc1. The summed E-state index contributed by atoms with van der Waals surface area (Å²) in [6.07, 6.45) is -5.05. The molecule has 2 rings (SSSR count). The van der Waals surface area contributed by atoms with E-state index in [1.807, 2.05) is 5.32 Å². The van der Waals surface area contributed by atoms with E-state index in [9.17, 15) is 27.6 Å². The highest BCUT2D eigenvalue weighted by Crippen LogP contribution is 2.38. The summed E-state index contributed by atoms with van der Waals surface area (Å²) < 4.78 is 44.1. The second-order valence-corrected chi connectivity index (χ2v) is 7.22. The van der Waals surface area contributed by atoms with Gasteiger partial charge < -0.3 is 15.4 Å². The summed E-state index contributed by atoms with van der Waals surface area (Å²) in [4.78, 5) is 35.6. The van der Waals surface area contributed by atoms with Gasteiger partial charge in [-0.15, -0.1) is 0 Å². The number of esters is 1. The first-order valence-corrected chi connectivity index (χ1v) is 9.56. The monoisotopic (exact) mass is 476 g/mol. The first kappa shape index (κ1) is 24.5. The first-order chi connectivity index (χ1) is 14.5. The smallest absolute Gasteiger partial charge is 0.418 e. The van der Waals surface area contributed by atoms with E-state index in [1.165, 1.54) is 13.0 Å². The summed E-state index contributed by atoms with van der Waals surface area (Å²) in [5.74, 6) is -2.25. The molecule has 0 heterocycles. The molecule has 0 bridgehead atoms. The van der Waals surface area contributed by atoms with Gasteiger partial charge in [-0.2, -0.15) is 13.2 Å². The molecule has 0 saturated heterocycles. The summed E-state index contributed by atoms with van der Waals surface area (Å²) in [6, 6.07) is 8.67. The van der Waals surface area contributed by atoms with Gasteiger partial charge in [0.05, 0.1) is 28.7 Å². The van der Waals surface area contributed by atoms with E-state index < -0.39 is 47.9 Å². The fourth-order valence-electron chi connectivity index (χ4n) is 2.63. The number of carbonyl (C=O) groups excluding carboxylic acids is 3. The van der Waals surface area contributed by atoms with Crippen LogP contribution in [0, 0.1) is 0 Å². The zero-order chi connectivity index (χ0) is 23.2. The largest absolute Gasteiger partial charge is 0.455 e. The fraction of sp³-hybridized carbons (Fsp3) is 0.250. The second kappa shape index (κ2) is 10.5. The minimum Gasteiger partial charge on any atom is -0.455 e. The van der Waals surface area contributed by atoms with E-state index in [1.54, 1.807) is 24.3 Å². The Morgan fingerprint density at radius 2 is 1.71 bits per heavy atom. The van der Waals surface area contributed by atoms with E-state index in [-0.39, 0.29) is 11.4 Å². The van der Waals surface area contributed by atoms with Crippen molar-refractivity contribution in [3.8, 4) is 0 Å². The Balaban J connectivity index is 2.01. The van der Waals surface area contributed by atoms with Gasteiger partial charge in [0.1, 0.15) is 0 Å². The molecule has 2 N–H and O–H groups in total. The third-order valence-electron chi connectivity index (χ3n) is 3.97. The molecule has 0 aliphatic carbocycles. The van der Waals surface area contributed by atoms with Crippen molar-refractivity contribution in [2.24, 2.45) is 0 Å². The lowest BCUT2D eigenvalue weighted by molar-refractivity contribution is -0.148. The molecule has 2 aromatic rings. The van der Waals surface area contributed by atoms with Crippen molar-refractivity contribution in [3.63, 3.8) is 0 Å². The Bertz CT molecular complexity index is 966. The Labute approximate surface area is 185 Å². The Hall–Kier alpha value is -2.78. The number of hydrogen-bond acceptors (Lipinski definition) is 4. The zero-order valence-electron chi connectivity index (χ0n) is 16.1. The normalized spacial score (nSPS) is 12.1. The lowest BCUT2D eigenvalue weighted by Gasteiger charge is -2.18. The Morgan fingerprint density at radius 3 is 2.29 bits per heavy atom. The number of amides is 2. The summed E-state index contributed by atoms with van der Waals surface area (Å²) in [6.45, 7) is 0.429. The lowest BCUT2D eigenvalue weighted by atomic mass is 10.0. The molecule has 6 nitrogen and oxygen atoms in total. The number of hydrogen-bond donors (Lipinski definition) is 2. The molecule has 11 heteroatoms. The van der Waals surface area contributed by atoms with Crippen LogP contribution < -0.4 is 10.6 Å². The molecule has 2 aromatic carbocycles. The molecule has 0 aliphatic rings. The van der Waals surface area contributed by atoms with Crippen LogP contribution in [0.25, 0.3) is 0 Å². The average molecular weight is 477 g/mol. The predicted molar refractivity (Wildman–Crippen MR) is 109 cm³/mol. The maximum atomic E-state index is 13.1. The summed E-state index contributed by atoms with van der Waals surface area (Å²) >= 11 is 11.6. The highest BCUT2D eigenvalue weighted by molar-refractivity contribution is 6.34. The highest BCUT2D eigenvalue weighted by Gasteiger charge is 2.34. The molecule has 0 fully saturated rings. The number of anilines is 1. The van der Waals surface area contributed by atoms with Crippen LogP contribution in [0.3, 0.4) is 0 Å². The Morgan fingerprint density at radius 1 is 1.06 bits per heavy atom. The van der Waals surface area contributed by atoms with Gasteiger partial charge in [0.2, 0.25) is 5.91 Å². The minimum absolute atomic E-state index is 0.311. The van der Waals surface area contributed by atoms with Crippen LogP contribution in [-0.2, 0) is 25.3 Å². The van der Waals surface area contributed by atoms with Gasteiger partial charge >= 0.3 is 12.1 Å². The number of para-hydroxylation sites is 1. The van der Waals surface area contributed by atoms with Crippen molar-refractivity contribution in [1.29, 1.82) is 0 Å². The molecule has 0 radical (unpaired) electrons. The number of carbonyl (C=O) groups is 3. The first-order valence-electron chi connectivity index (χ1n) is 8.81. The second-order valence-electron chi connectivity index (χ2n) is 6.38. The number of rotatable bonds is 7. The van der Waals surface area contributed by atoms with Gasteiger partial charge in [0.25, 0.3) is 5.91 Å². The quantitative estimate of drug-likeness (QED) is 0.564. The van der Waals surface area contributed by atoms with Crippen molar-refractivity contribution in [2.45, 2.75) is 25.6 Å². The predicted octanol–water partition coefficient (Wildman–Crippen LogP) is 4.76. The molecule has 0 aliphatic heterocycles. The van der Waals surface area contributed by atoms with Crippen molar-refractivity contribution in [2.75, 3.05) is 11.9 Å². The lowest BCUT2D eigenvalue weighted by Crippen LogP contribution is -2.29. The van der Waals surface area contributed by atoms with Crippen molar-refractivity contribution in [3.05, 3.63) is 63.6 Å². The van der Waals surface area contributed by atoms with E-state index >= 15 is 0 Å². The average Bonchev–Trinajstić information content (AvgIpc) is 2.67. The van der Waals surface area contributed by atoms with E-state index in [4.69, 9.17) is 27.9 Å². The van der Waals surface area contributed by atoms with Crippen molar-refractivity contribution < 1.29 is 32.3 Å². The maximum absolute atomic E-state index is 13.1. The van der Waals surface area contributed by atoms with Crippen LogP contribution in [0.4, 0.5) is 18.9 Å². The molecule has 31 heavy (non-hydrogen) atoms. The fourth-order valence-corrected chi connectivity index (χ4v) is 2.97. The van der Waals surface area contributed by atoms with Crippen molar-refractivity contribution in [1.82, 2.24) is 5.32 Å². The van der Waals surface area contributed by atoms with E-state index in [0.717, 1.165) is 12.1 Å². The van der Waals surface area contributed by atoms with Crippen molar-refractivity contribution >= 4 is 46.7 Å². The van der Waals surface area contributed by atoms with Crippen LogP contribution in [-0.4, -0.2) is 24.4 Å². The molecule has 166 valence electrons. The number of alkyl halides is 3. The number of halogens is 5. The van der Waals surface area contributed by atoms with Gasteiger partial charge in [-0.3, -0.25) is 14.4 Å². The topological polar surface area (TPSA) is 84.5 Å². The van der Waals surface area contributed by atoms with Gasteiger partial charge in [-0.1, -0.05) is 41.4 Å². The molecule has 0 spiro atoms. The molecule has 0 aromatic heterocycles. The highest BCUT2D eigenvalue weighted by atomic mass is 35.5. The van der Waals surface area contributed by atoms with E-state index in [0.29, 0.717) is 10.6 Å². The van der Waals surface area contributed by atoms with Gasteiger partial charge in [-0.25, -0.2) is 0 Å². The molecular formula is C20H17Cl2F3N2O4. The minimum atomic E-state index is -4.74. The standard InChI is InChI=1S/C20H17Cl2F3N2O4/c1-11(28)26-16(12-5-7-13(21)8-6-12)9-18(30)31-10-17(29)27-19-14(20(23,24)25)3-2-4-15(19)22/h2-8,16H,9-10H2,1H3,(H,26,28)(H,27,29). The summed E-state index contributed by atoms with van der Waals surface area (Å²) in [7, 11) is 0. The van der Waals surface area contributed by atoms with E-state index in [2.05, 4.69) is 5.32 Å². The van der Waals surface area contributed by atoms with Crippen LogP contribution in [0.1, 0.15) is 30.5 Å². The van der Waals surface area contributed by atoms with Gasteiger partial charge in [0, 0.05) is 11.9 Å². The summed E-state index contributed by atoms with van der Waals surface area (Å²) in [5.41, 5.74) is -1.19. The molecule has 1 atom stereocenters. The third-order valence-corrected chi connectivity index (χ3v) is 4.54. The molecular weight excluding hydrogens is 460 g/mol. The van der Waals surface area contributed by atoms with Crippen LogP contribution >= 0.6 is 23.2 Å². The van der Waals surface area contributed by atoms with Gasteiger partial charge in [-0.05, 0) is 29.8 Å². The number of benzene rings is 2. The Kier molecular flexibility index (Phi) is 8.29. The zero-order valence-corrected chi connectivity index (χ0v) is 17.6. The molecule has 0 saturated carbocycles. The number of nitrogens with one attached hydrogen (secondary N) is 2. The third kappa shape index (κ3) is 7.45. The van der Waals surface area contributed by atoms with Gasteiger partial charge in [0.15, 0.2) is 6.61 Å². The van der Waals surface area contributed by atoms with Crippen LogP contribution in [0.5, 0.6) is 0 Å². The summed E-state index contributed by atoms with van der Waals surface area (Å²) in [5, 5.41) is 4.74. The van der Waals surface area contributed by atoms with Crippen LogP contribution in [0.15, 0.2) is 42.5 Å². The maximum Gasteiger partial charge on any atom is 0.418 e.